The predicted octanol–water partition coefficient (Wildman–Crippen LogP) is 3.52. The minimum atomic E-state index is -0.00361. The lowest BCUT2D eigenvalue weighted by atomic mass is 10.3. The molecule has 0 fully saturated rings. The van der Waals surface area contributed by atoms with Crippen LogP contribution < -0.4 is 0 Å². The molecule has 1 aromatic carbocycles. The summed E-state index contributed by atoms with van der Waals surface area (Å²) in [6.45, 7) is 0. The summed E-state index contributed by atoms with van der Waals surface area (Å²) < 4.78 is 5.46. The molecule has 0 saturated carbocycles. The maximum atomic E-state index is 5.46. The molecule has 82 valence electrons. The average Bonchev–Trinajstić information content (AvgIpc) is 2.38. The van der Waals surface area contributed by atoms with Crippen molar-refractivity contribution < 1.29 is 4.74 Å². The van der Waals surface area contributed by atoms with E-state index in [1.807, 2.05) is 36.5 Å². The molecule has 0 N–H and O–H groups in total. The largest absolute Gasteiger partial charge is 0.366 e. The first-order chi connectivity index (χ1) is 7.90. The van der Waals surface area contributed by atoms with E-state index in [1.165, 1.54) is 4.90 Å². The van der Waals surface area contributed by atoms with Crippen LogP contribution in [0.4, 0.5) is 0 Å². The Bertz CT molecular complexity index is 418. The minimum Gasteiger partial charge on any atom is -0.366 e. The van der Waals surface area contributed by atoms with Crippen LogP contribution in [0.2, 0.25) is 0 Å². The van der Waals surface area contributed by atoms with Crippen LogP contribution in [0.3, 0.4) is 0 Å². The molecule has 3 heteroatoms. The summed E-state index contributed by atoms with van der Waals surface area (Å²) in [5, 5.41) is 0. The van der Waals surface area contributed by atoms with Crippen molar-refractivity contribution in [2.75, 3.05) is 7.11 Å². The highest BCUT2D eigenvalue weighted by Crippen LogP contribution is 2.34. The van der Waals surface area contributed by atoms with Crippen molar-refractivity contribution >= 4 is 11.8 Å². The first-order valence-electron chi connectivity index (χ1n) is 5.04. The number of hydrogen-bond donors (Lipinski definition) is 0. The molecule has 2 nitrogen and oxygen atoms in total. The Kier molecular flexibility index (Phi) is 3.97. The fourth-order valence-corrected chi connectivity index (χ4v) is 2.32. The predicted molar refractivity (Wildman–Crippen MR) is 66.3 cm³/mol. The first kappa shape index (κ1) is 11.2. The third-order valence-electron chi connectivity index (χ3n) is 2.16. The van der Waals surface area contributed by atoms with Gasteiger partial charge in [0.15, 0.2) is 0 Å². The number of pyridine rings is 1. The molecule has 0 bridgehead atoms. The molecule has 0 radical (unpaired) electrons. The van der Waals surface area contributed by atoms with Gasteiger partial charge in [0, 0.05) is 30.0 Å². The van der Waals surface area contributed by atoms with Crippen LogP contribution in [0.25, 0.3) is 0 Å². The van der Waals surface area contributed by atoms with E-state index in [0.717, 1.165) is 5.56 Å². The van der Waals surface area contributed by atoms with E-state index in [2.05, 4.69) is 17.1 Å². The van der Waals surface area contributed by atoms with Gasteiger partial charge < -0.3 is 4.74 Å². The number of rotatable bonds is 4. The Morgan fingerprint density at radius 3 is 2.56 bits per heavy atom. The van der Waals surface area contributed by atoms with Crippen molar-refractivity contribution in [3.05, 3.63) is 60.4 Å². The second kappa shape index (κ2) is 5.68. The third kappa shape index (κ3) is 2.84. The van der Waals surface area contributed by atoms with Crippen molar-refractivity contribution in [3.8, 4) is 0 Å². The van der Waals surface area contributed by atoms with Gasteiger partial charge in [-0.3, -0.25) is 4.98 Å². The fraction of sp³-hybridized carbons (Fsp3) is 0.154. The Balaban J connectivity index is 2.13. The van der Waals surface area contributed by atoms with Crippen molar-refractivity contribution in [2.45, 2.75) is 10.3 Å². The monoisotopic (exact) mass is 231 g/mol. The number of aromatic nitrogens is 1. The summed E-state index contributed by atoms with van der Waals surface area (Å²) in [6.07, 6.45) is 3.60. The van der Waals surface area contributed by atoms with Crippen LogP contribution >= 0.6 is 11.8 Å². The molecule has 1 aromatic heterocycles. The van der Waals surface area contributed by atoms with Gasteiger partial charge in [0.2, 0.25) is 0 Å². The molecule has 0 amide bonds. The number of methoxy groups -OCH3 is 1. The Hall–Kier alpha value is -1.32. The number of nitrogens with zero attached hydrogens (tertiary/aromatic N) is 1. The van der Waals surface area contributed by atoms with Gasteiger partial charge >= 0.3 is 0 Å². The van der Waals surface area contributed by atoms with E-state index in [-0.39, 0.29) is 5.44 Å². The summed E-state index contributed by atoms with van der Waals surface area (Å²) in [5.74, 6) is 0. The molecular formula is C13H13NOS. The lowest BCUT2D eigenvalue weighted by molar-refractivity contribution is 0.175. The first-order valence-corrected chi connectivity index (χ1v) is 5.92. The van der Waals surface area contributed by atoms with E-state index in [1.54, 1.807) is 25.1 Å². The molecule has 1 heterocycles. The summed E-state index contributed by atoms with van der Waals surface area (Å²) in [4.78, 5) is 5.29. The quantitative estimate of drug-likeness (QED) is 0.593. The Morgan fingerprint density at radius 2 is 1.94 bits per heavy atom. The van der Waals surface area contributed by atoms with E-state index >= 15 is 0 Å². The van der Waals surface area contributed by atoms with E-state index in [4.69, 9.17) is 4.74 Å². The normalized spacial score (nSPS) is 12.3. The van der Waals surface area contributed by atoms with E-state index < -0.39 is 0 Å². The molecular weight excluding hydrogens is 218 g/mol. The van der Waals surface area contributed by atoms with Gasteiger partial charge in [0.05, 0.1) is 0 Å². The standard InChI is InChI=1S/C13H13NOS/c1-15-13(11-6-5-9-14-10-11)16-12-7-3-2-4-8-12/h2-10,13H,1H3. The van der Waals surface area contributed by atoms with Gasteiger partial charge in [-0.2, -0.15) is 0 Å². The summed E-state index contributed by atoms with van der Waals surface area (Å²) in [5.41, 5.74) is 1.08. The highest BCUT2D eigenvalue weighted by Gasteiger charge is 2.11. The number of hydrogen-bond acceptors (Lipinski definition) is 3. The highest BCUT2D eigenvalue weighted by atomic mass is 32.2. The zero-order valence-electron chi connectivity index (χ0n) is 9.04. The SMILES string of the molecule is COC(Sc1ccccc1)c1cccnc1. The van der Waals surface area contributed by atoms with Crippen LogP contribution in [0.1, 0.15) is 11.0 Å². The van der Waals surface area contributed by atoms with Crippen molar-refractivity contribution in [1.82, 2.24) is 4.98 Å². The topological polar surface area (TPSA) is 22.1 Å². The molecule has 0 aliphatic heterocycles. The third-order valence-corrected chi connectivity index (χ3v) is 3.38. The van der Waals surface area contributed by atoms with Gasteiger partial charge in [-0.05, 0) is 18.2 Å². The highest BCUT2D eigenvalue weighted by molar-refractivity contribution is 7.99. The Labute approximate surface area is 99.7 Å². The van der Waals surface area contributed by atoms with Crippen LogP contribution in [-0.4, -0.2) is 12.1 Å². The lowest BCUT2D eigenvalue weighted by Crippen LogP contribution is -1.96. The van der Waals surface area contributed by atoms with Crippen LogP contribution in [0.5, 0.6) is 0 Å². The smallest absolute Gasteiger partial charge is 0.133 e. The molecule has 0 saturated heterocycles. The summed E-state index contributed by atoms with van der Waals surface area (Å²) in [6, 6.07) is 14.2. The number of ether oxygens (including phenoxy) is 1. The maximum Gasteiger partial charge on any atom is 0.133 e. The molecule has 2 aromatic rings. The molecule has 1 unspecified atom stereocenters. The van der Waals surface area contributed by atoms with Gasteiger partial charge in [-0.1, -0.05) is 36.0 Å². The maximum absolute atomic E-state index is 5.46. The summed E-state index contributed by atoms with van der Waals surface area (Å²) >= 11 is 1.68. The van der Waals surface area contributed by atoms with Crippen molar-refractivity contribution in [2.24, 2.45) is 0 Å². The lowest BCUT2D eigenvalue weighted by Gasteiger charge is -2.14. The second-order valence-electron chi connectivity index (χ2n) is 3.28. The van der Waals surface area contributed by atoms with Crippen LogP contribution in [-0.2, 0) is 4.74 Å². The minimum absolute atomic E-state index is 0.00361. The zero-order chi connectivity index (χ0) is 11.2. The van der Waals surface area contributed by atoms with E-state index in [0.29, 0.717) is 0 Å². The zero-order valence-corrected chi connectivity index (χ0v) is 9.85. The van der Waals surface area contributed by atoms with Gasteiger partial charge in [-0.25, -0.2) is 0 Å². The Morgan fingerprint density at radius 1 is 1.12 bits per heavy atom. The van der Waals surface area contributed by atoms with Gasteiger partial charge in [-0.15, -0.1) is 0 Å². The fourth-order valence-electron chi connectivity index (χ4n) is 1.39. The molecule has 0 aliphatic rings. The van der Waals surface area contributed by atoms with Crippen molar-refractivity contribution in [3.63, 3.8) is 0 Å². The molecule has 0 aliphatic carbocycles. The molecule has 0 spiro atoms. The number of benzene rings is 1. The molecule has 2 rings (SSSR count). The van der Waals surface area contributed by atoms with Crippen molar-refractivity contribution in [1.29, 1.82) is 0 Å². The second-order valence-corrected chi connectivity index (χ2v) is 4.42. The van der Waals surface area contributed by atoms with Gasteiger partial charge in [0.1, 0.15) is 5.44 Å². The average molecular weight is 231 g/mol. The molecule has 1 atom stereocenters. The van der Waals surface area contributed by atoms with Crippen LogP contribution in [0.15, 0.2) is 59.8 Å². The summed E-state index contributed by atoms with van der Waals surface area (Å²) in [7, 11) is 1.72. The van der Waals surface area contributed by atoms with E-state index in [9.17, 15) is 0 Å². The molecule has 16 heavy (non-hydrogen) atoms. The van der Waals surface area contributed by atoms with Gasteiger partial charge in [0.25, 0.3) is 0 Å². The number of thioether (sulfide) groups is 1. The van der Waals surface area contributed by atoms with Crippen LogP contribution in [0, 0.1) is 0 Å².